The SMILES string of the molecule is Cc1ccc(O)cc1.NC(N)=O. The average molecular weight is 168 g/mol. The first-order valence-corrected chi connectivity index (χ1v) is 3.33. The van der Waals surface area contributed by atoms with Crippen molar-refractivity contribution >= 4 is 6.03 Å². The van der Waals surface area contributed by atoms with E-state index >= 15 is 0 Å². The Labute approximate surface area is 70.8 Å². The van der Waals surface area contributed by atoms with Crippen LogP contribution >= 0.6 is 0 Å². The Morgan fingerprint density at radius 1 is 1.25 bits per heavy atom. The molecule has 4 heteroatoms. The number of hydrogen-bond donors (Lipinski definition) is 3. The lowest BCUT2D eigenvalue weighted by molar-refractivity contribution is 0.256. The fraction of sp³-hybridized carbons (Fsp3) is 0.125. The monoisotopic (exact) mass is 168 g/mol. The quantitative estimate of drug-likeness (QED) is 0.533. The van der Waals surface area contributed by atoms with E-state index in [1.165, 1.54) is 5.56 Å². The zero-order valence-corrected chi connectivity index (χ0v) is 6.82. The molecule has 0 saturated carbocycles. The second kappa shape index (κ2) is 5.01. The molecule has 0 aromatic heterocycles. The topological polar surface area (TPSA) is 89.3 Å². The fourth-order valence-electron chi connectivity index (χ4n) is 0.545. The summed E-state index contributed by atoms with van der Waals surface area (Å²) in [7, 11) is 0. The van der Waals surface area contributed by atoms with Crippen molar-refractivity contribution in [3.63, 3.8) is 0 Å². The number of aromatic hydroxyl groups is 1. The van der Waals surface area contributed by atoms with Crippen molar-refractivity contribution in [3.8, 4) is 5.75 Å². The lowest BCUT2D eigenvalue weighted by Crippen LogP contribution is -2.18. The number of benzene rings is 1. The summed E-state index contributed by atoms with van der Waals surface area (Å²) in [6, 6.07) is 6.26. The van der Waals surface area contributed by atoms with E-state index in [9.17, 15) is 0 Å². The minimum atomic E-state index is -0.833. The van der Waals surface area contributed by atoms with Crippen LogP contribution in [0.15, 0.2) is 24.3 Å². The number of aryl methyl sites for hydroxylation is 1. The number of amides is 2. The molecule has 0 bridgehead atoms. The van der Waals surface area contributed by atoms with Gasteiger partial charge in [-0.25, -0.2) is 4.79 Å². The first kappa shape index (κ1) is 10.3. The molecule has 2 amide bonds. The summed E-state index contributed by atoms with van der Waals surface area (Å²) in [5, 5.41) is 8.76. The van der Waals surface area contributed by atoms with Crippen molar-refractivity contribution in [2.24, 2.45) is 11.5 Å². The van der Waals surface area contributed by atoms with Gasteiger partial charge < -0.3 is 16.6 Å². The van der Waals surface area contributed by atoms with Gasteiger partial charge in [-0.1, -0.05) is 17.7 Å². The van der Waals surface area contributed by atoms with E-state index in [0.717, 1.165) is 0 Å². The highest BCUT2D eigenvalue weighted by molar-refractivity contribution is 5.69. The second-order valence-electron chi connectivity index (χ2n) is 2.24. The van der Waals surface area contributed by atoms with Gasteiger partial charge in [-0.3, -0.25) is 0 Å². The van der Waals surface area contributed by atoms with Gasteiger partial charge in [0.2, 0.25) is 0 Å². The number of nitrogens with two attached hydrogens (primary N) is 2. The molecule has 0 aliphatic carbocycles. The summed E-state index contributed by atoms with van der Waals surface area (Å²) >= 11 is 0. The Balaban J connectivity index is 0.000000261. The molecule has 1 aromatic rings. The maximum absolute atomic E-state index is 9.00. The van der Waals surface area contributed by atoms with Crippen molar-refractivity contribution in [2.75, 3.05) is 0 Å². The van der Waals surface area contributed by atoms with E-state index in [4.69, 9.17) is 9.90 Å². The molecule has 0 heterocycles. The predicted molar refractivity (Wildman–Crippen MR) is 46.6 cm³/mol. The summed E-state index contributed by atoms with van der Waals surface area (Å²) in [6.07, 6.45) is 0. The molecule has 5 N–H and O–H groups in total. The van der Waals surface area contributed by atoms with E-state index in [2.05, 4.69) is 11.5 Å². The van der Waals surface area contributed by atoms with Crippen LogP contribution in [0, 0.1) is 6.92 Å². The third kappa shape index (κ3) is 6.41. The molecule has 1 aromatic carbocycles. The van der Waals surface area contributed by atoms with Gasteiger partial charge in [-0.05, 0) is 19.1 Å². The number of primary amides is 2. The van der Waals surface area contributed by atoms with E-state index in [1.807, 2.05) is 19.1 Å². The minimum Gasteiger partial charge on any atom is -0.508 e. The predicted octanol–water partition coefficient (Wildman–Crippen LogP) is 0.724. The summed E-state index contributed by atoms with van der Waals surface area (Å²) in [4.78, 5) is 9.00. The number of carbonyl (C=O) groups is 1. The number of hydrogen-bond acceptors (Lipinski definition) is 2. The summed E-state index contributed by atoms with van der Waals surface area (Å²) in [5.41, 5.74) is 9.67. The van der Waals surface area contributed by atoms with Gasteiger partial charge in [0.25, 0.3) is 0 Å². The summed E-state index contributed by atoms with van der Waals surface area (Å²) in [6.45, 7) is 1.99. The summed E-state index contributed by atoms with van der Waals surface area (Å²) < 4.78 is 0. The van der Waals surface area contributed by atoms with Gasteiger partial charge in [0, 0.05) is 0 Å². The highest BCUT2D eigenvalue weighted by Crippen LogP contribution is 2.07. The van der Waals surface area contributed by atoms with Gasteiger partial charge >= 0.3 is 6.03 Å². The maximum atomic E-state index is 9.00. The first-order valence-electron chi connectivity index (χ1n) is 3.33. The van der Waals surface area contributed by atoms with E-state index in [-0.39, 0.29) is 0 Å². The van der Waals surface area contributed by atoms with Crippen molar-refractivity contribution in [3.05, 3.63) is 29.8 Å². The van der Waals surface area contributed by atoms with E-state index < -0.39 is 6.03 Å². The first-order chi connectivity index (χ1) is 5.52. The van der Waals surface area contributed by atoms with Gasteiger partial charge in [0.05, 0.1) is 0 Å². The molecule has 0 aliphatic rings. The third-order valence-electron chi connectivity index (χ3n) is 1.03. The van der Waals surface area contributed by atoms with Crippen LogP contribution in [0.1, 0.15) is 5.56 Å². The molecule has 0 unspecified atom stereocenters. The van der Waals surface area contributed by atoms with Crippen molar-refractivity contribution < 1.29 is 9.90 Å². The van der Waals surface area contributed by atoms with Crippen molar-refractivity contribution in [1.82, 2.24) is 0 Å². The lowest BCUT2D eigenvalue weighted by Gasteiger charge is -1.89. The Hall–Kier alpha value is -1.71. The largest absolute Gasteiger partial charge is 0.508 e. The van der Waals surface area contributed by atoms with Gasteiger partial charge in [-0.15, -0.1) is 0 Å². The standard InChI is InChI=1S/C7H8O.CH4N2O/c1-6-2-4-7(8)5-3-6;2-1(3)4/h2-5,8H,1H3;(H4,2,3,4). The van der Waals surface area contributed by atoms with E-state index in [0.29, 0.717) is 5.75 Å². The second-order valence-corrected chi connectivity index (χ2v) is 2.24. The molecule has 66 valence electrons. The summed E-state index contributed by atoms with van der Waals surface area (Å²) in [5.74, 6) is 0.329. The Morgan fingerprint density at radius 3 is 1.83 bits per heavy atom. The molecule has 0 fully saturated rings. The van der Waals surface area contributed by atoms with Crippen LogP contribution in [-0.2, 0) is 0 Å². The highest BCUT2D eigenvalue weighted by Gasteiger charge is 1.82. The smallest absolute Gasteiger partial charge is 0.309 e. The molecular formula is C8H12N2O2. The molecule has 4 nitrogen and oxygen atoms in total. The Morgan fingerprint density at radius 2 is 1.58 bits per heavy atom. The third-order valence-corrected chi connectivity index (χ3v) is 1.03. The van der Waals surface area contributed by atoms with Crippen LogP contribution in [-0.4, -0.2) is 11.1 Å². The zero-order chi connectivity index (χ0) is 9.56. The number of urea groups is 1. The van der Waals surface area contributed by atoms with Crippen LogP contribution in [0.25, 0.3) is 0 Å². The van der Waals surface area contributed by atoms with Gasteiger partial charge in [-0.2, -0.15) is 0 Å². The van der Waals surface area contributed by atoms with Crippen LogP contribution in [0.2, 0.25) is 0 Å². The Bertz CT molecular complexity index is 219. The lowest BCUT2D eigenvalue weighted by atomic mass is 10.2. The Kier molecular flexibility index (Phi) is 4.30. The van der Waals surface area contributed by atoms with Crippen molar-refractivity contribution in [1.29, 1.82) is 0 Å². The fourth-order valence-corrected chi connectivity index (χ4v) is 0.545. The molecule has 1 rings (SSSR count). The molecule has 0 spiro atoms. The van der Waals surface area contributed by atoms with Crippen LogP contribution in [0.4, 0.5) is 4.79 Å². The van der Waals surface area contributed by atoms with Gasteiger partial charge in [0.1, 0.15) is 5.75 Å². The average Bonchev–Trinajstić information content (AvgIpc) is 1.94. The van der Waals surface area contributed by atoms with Crippen LogP contribution < -0.4 is 11.5 Å². The van der Waals surface area contributed by atoms with Gasteiger partial charge in [0.15, 0.2) is 0 Å². The number of phenols is 1. The van der Waals surface area contributed by atoms with Crippen LogP contribution in [0.3, 0.4) is 0 Å². The molecular weight excluding hydrogens is 156 g/mol. The number of carbonyl (C=O) groups excluding carboxylic acids is 1. The molecule has 12 heavy (non-hydrogen) atoms. The zero-order valence-electron chi connectivity index (χ0n) is 6.82. The maximum Gasteiger partial charge on any atom is 0.309 e. The number of phenolic OH excluding ortho intramolecular Hbond substituents is 1. The van der Waals surface area contributed by atoms with Crippen LogP contribution in [0.5, 0.6) is 5.75 Å². The number of rotatable bonds is 0. The van der Waals surface area contributed by atoms with Crippen molar-refractivity contribution in [2.45, 2.75) is 6.92 Å². The minimum absolute atomic E-state index is 0.329. The molecule has 0 saturated heterocycles. The molecule has 0 aliphatic heterocycles. The highest BCUT2D eigenvalue weighted by atomic mass is 16.3. The molecule has 0 atom stereocenters. The molecule has 0 radical (unpaired) electrons. The normalized spacial score (nSPS) is 8.08. The van der Waals surface area contributed by atoms with E-state index in [1.54, 1.807) is 12.1 Å².